The fourth-order valence-electron chi connectivity index (χ4n) is 2.82. The summed E-state index contributed by atoms with van der Waals surface area (Å²) in [7, 11) is 1.33. The van der Waals surface area contributed by atoms with E-state index in [1.807, 2.05) is 0 Å². The van der Waals surface area contributed by atoms with Gasteiger partial charge in [0, 0.05) is 48.8 Å². The van der Waals surface area contributed by atoms with Gasteiger partial charge in [0.1, 0.15) is 11.6 Å². The Morgan fingerprint density at radius 3 is 2.59 bits per heavy atom. The number of pyridine rings is 1. The largest absolute Gasteiger partial charge is 0.430 e. The van der Waals surface area contributed by atoms with Gasteiger partial charge < -0.3 is 25.9 Å². The van der Waals surface area contributed by atoms with Crippen LogP contribution in [0, 0.1) is 11.3 Å². The summed E-state index contributed by atoms with van der Waals surface area (Å²) in [4.78, 5) is 4.35. The highest BCUT2D eigenvalue weighted by Crippen LogP contribution is 2.30. The Labute approximate surface area is 158 Å². The van der Waals surface area contributed by atoms with E-state index in [2.05, 4.69) is 20.4 Å². The topological polar surface area (TPSA) is 90.3 Å². The molecule has 0 spiro atoms. The van der Waals surface area contributed by atoms with Crippen LogP contribution < -0.4 is 15.4 Å². The molecular weight excluding hydrogens is 373 g/mol. The monoisotopic (exact) mass is 394 g/mol. The minimum Gasteiger partial charge on any atom is -0.430 e. The zero-order valence-electron chi connectivity index (χ0n) is 14.5. The molecule has 6 nitrogen and oxygen atoms in total. The molecule has 1 unspecified atom stereocenters. The number of aromatic nitrogens is 1. The third-order valence-electron chi connectivity index (χ3n) is 4.25. The minimum absolute atomic E-state index is 0.0259. The third kappa shape index (κ3) is 4.97. The smallest absolute Gasteiger partial charge is 0.408 e. The third-order valence-corrected chi connectivity index (χ3v) is 4.37. The van der Waals surface area contributed by atoms with Gasteiger partial charge in [0.25, 0.3) is 0 Å². The molecule has 1 fully saturated rings. The summed E-state index contributed by atoms with van der Waals surface area (Å²) in [5.41, 5.74) is 2.61. The predicted molar refractivity (Wildman–Crippen MR) is 103 cm³/mol. The van der Waals surface area contributed by atoms with Crippen molar-refractivity contribution in [3.63, 3.8) is 0 Å². The van der Waals surface area contributed by atoms with Crippen LogP contribution in [0.15, 0.2) is 36.5 Å². The highest BCUT2D eigenvalue weighted by molar-refractivity contribution is 7.17. The zero-order valence-corrected chi connectivity index (χ0v) is 15.7. The first-order chi connectivity index (χ1) is 12.9. The number of anilines is 2. The van der Waals surface area contributed by atoms with E-state index in [-0.39, 0.29) is 18.3 Å². The van der Waals surface area contributed by atoms with Gasteiger partial charge in [0.05, 0.1) is 0 Å². The maximum absolute atomic E-state index is 12.9. The molecule has 1 saturated heterocycles. The molecule has 1 aromatic heterocycles. The predicted octanol–water partition coefficient (Wildman–Crippen LogP) is 2.75. The molecule has 2 heterocycles. The summed E-state index contributed by atoms with van der Waals surface area (Å²) in [5, 5.41) is 24.2. The maximum Gasteiger partial charge on any atom is 0.408 e. The maximum atomic E-state index is 12.9. The van der Waals surface area contributed by atoms with Crippen molar-refractivity contribution >= 4 is 26.5 Å². The summed E-state index contributed by atoms with van der Waals surface area (Å²) in [6, 6.07) is 7.86. The Bertz CT molecular complexity index is 808. The van der Waals surface area contributed by atoms with E-state index in [0.717, 1.165) is 18.7 Å². The van der Waals surface area contributed by atoms with Crippen LogP contribution in [0.25, 0.3) is 0 Å². The minimum atomic E-state index is -3.33. The first-order valence-corrected chi connectivity index (χ1v) is 9.06. The fourth-order valence-corrected chi connectivity index (χ4v) is 2.96. The standard InChI is InChI=1S/C18H21F2N4O2P/c19-18(20,27)26-14-3-1-13(2-4-14)24-17-15(16(21)12-9-22-10-12)11(6-8-25)5-7-23-17/h1-5,7,12,21-22,25H,6,8-10,27H2,(H,23,24). The first kappa shape index (κ1) is 19.6. The number of benzene rings is 1. The molecule has 2 aromatic rings. The first-order valence-electron chi connectivity index (χ1n) is 8.48. The fraction of sp³-hybridized carbons (Fsp3) is 0.333. The number of nitrogens with one attached hydrogen (secondary N) is 3. The van der Waals surface area contributed by atoms with Crippen molar-refractivity contribution in [3.05, 3.63) is 47.7 Å². The van der Waals surface area contributed by atoms with E-state index in [0.29, 0.717) is 29.2 Å². The summed E-state index contributed by atoms with van der Waals surface area (Å²) in [6.07, 6.45) is 2.04. The number of hydrogen-bond acceptors (Lipinski definition) is 6. The highest BCUT2D eigenvalue weighted by Gasteiger charge is 2.27. The number of halogens is 2. The Hall–Kier alpha value is -2.15. The van der Waals surface area contributed by atoms with Crippen molar-refractivity contribution in [2.45, 2.75) is 12.3 Å². The van der Waals surface area contributed by atoms with Crippen molar-refractivity contribution in [2.24, 2.45) is 5.92 Å². The van der Waals surface area contributed by atoms with Crippen molar-refractivity contribution < 1.29 is 18.6 Å². The second-order valence-electron chi connectivity index (χ2n) is 6.25. The average molecular weight is 394 g/mol. The number of rotatable bonds is 8. The molecule has 0 saturated carbocycles. The lowest BCUT2D eigenvalue weighted by atomic mass is 9.89. The van der Waals surface area contributed by atoms with Gasteiger partial charge in [-0.2, -0.15) is 8.78 Å². The second-order valence-corrected chi connectivity index (χ2v) is 6.92. The molecule has 1 atom stereocenters. The Balaban J connectivity index is 1.85. The molecule has 1 aliphatic rings. The lowest BCUT2D eigenvalue weighted by molar-refractivity contribution is -0.0892. The molecule has 0 radical (unpaired) electrons. The Kier molecular flexibility index (Phi) is 5.99. The van der Waals surface area contributed by atoms with Crippen molar-refractivity contribution in [1.29, 1.82) is 5.41 Å². The van der Waals surface area contributed by atoms with E-state index < -0.39 is 5.85 Å². The Morgan fingerprint density at radius 2 is 2.04 bits per heavy atom. The van der Waals surface area contributed by atoms with Gasteiger partial charge in [-0.1, -0.05) is 0 Å². The molecule has 1 aromatic carbocycles. The molecular formula is C18H21F2N4O2P. The lowest BCUT2D eigenvalue weighted by Crippen LogP contribution is -2.46. The number of hydrogen-bond donors (Lipinski definition) is 4. The molecule has 0 amide bonds. The molecule has 9 heteroatoms. The number of nitrogens with zero attached hydrogens (tertiary/aromatic N) is 1. The SMILES string of the molecule is N=C(c1c(CCO)ccnc1Nc1ccc(OC(F)(F)P)cc1)C1CNC1. The number of ether oxygens (including phenoxy) is 1. The van der Waals surface area contributed by atoms with Gasteiger partial charge in [0.2, 0.25) is 0 Å². The van der Waals surface area contributed by atoms with E-state index in [9.17, 15) is 13.9 Å². The van der Waals surface area contributed by atoms with Crippen LogP contribution in [0.3, 0.4) is 0 Å². The van der Waals surface area contributed by atoms with E-state index in [4.69, 9.17) is 5.41 Å². The molecule has 1 aliphatic heterocycles. The average Bonchev–Trinajstić information content (AvgIpc) is 2.54. The summed E-state index contributed by atoms with van der Waals surface area (Å²) in [6.45, 7) is 1.45. The molecule has 27 heavy (non-hydrogen) atoms. The van der Waals surface area contributed by atoms with Gasteiger partial charge in [-0.25, -0.2) is 4.98 Å². The summed E-state index contributed by atoms with van der Waals surface area (Å²) >= 11 is 0. The van der Waals surface area contributed by atoms with Crippen molar-refractivity contribution in [1.82, 2.24) is 10.3 Å². The number of alkyl halides is 2. The summed E-state index contributed by atoms with van der Waals surface area (Å²) < 4.78 is 30.3. The Morgan fingerprint density at radius 1 is 1.33 bits per heavy atom. The van der Waals surface area contributed by atoms with Crippen LogP contribution in [0.4, 0.5) is 20.3 Å². The molecule has 4 N–H and O–H groups in total. The van der Waals surface area contributed by atoms with Gasteiger partial charge in [0.15, 0.2) is 0 Å². The highest BCUT2D eigenvalue weighted by atomic mass is 31.0. The van der Waals surface area contributed by atoms with Crippen LogP contribution in [0.1, 0.15) is 11.1 Å². The molecule has 144 valence electrons. The molecule has 0 bridgehead atoms. The van der Waals surface area contributed by atoms with Crippen LogP contribution in [0.5, 0.6) is 5.75 Å². The molecule has 0 aliphatic carbocycles. The number of aliphatic hydroxyl groups is 1. The van der Waals surface area contributed by atoms with Crippen molar-refractivity contribution in [3.8, 4) is 5.75 Å². The van der Waals surface area contributed by atoms with Gasteiger partial charge in [-0.3, -0.25) is 0 Å². The lowest BCUT2D eigenvalue weighted by Gasteiger charge is -2.29. The van der Waals surface area contributed by atoms with Gasteiger partial charge >= 0.3 is 5.85 Å². The van der Waals surface area contributed by atoms with E-state index in [1.54, 1.807) is 24.4 Å². The quantitative estimate of drug-likeness (QED) is 0.408. The molecule has 3 rings (SSSR count). The van der Waals surface area contributed by atoms with Crippen molar-refractivity contribution in [2.75, 3.05) is 25.0 Å². The van der Waals surface area contributed by atoms with E-state index in [1.165, 1.54) is 21.4 Å². The van der Waals surface area contributed by atoms with Gasteiger partial charge in [-0.15, -0.1) is 0 Å². The van der Waals surface area contributed by atoms with Crippen LogP contribution in [-0.4, -0.2) is 41.3 Å². The van der Waals surface area contributed by atoms with Crippen LogP contribution >= 0.6 is 9.24 Å². The second kappa shape index (κ2) is 8.25. The number of aliphatic hydroxyl groups excluding tert-OH is 1. The van der Waals surface area contributed by atoms with Gasteiger partial charge in [-0.05, 0) is 51.6 Å². The normalized spacial score (nSPS) is 14.5. The van der Waals surface area contributed by atoms with E-state index >= 15 is 0 Å². The van der Waals surface area contributed by atoms with Crippen LogP contribution in [0.2, 0.25) is 0 Å². The summed E-state index contributed by atoms with van der Waals surface area (Å²) in [5.74, 6) is -2.68. The van der Waals surface area contributed by atoms with Crippen LogP contribution in [-0.2, 0) is 6.42 Å². The zero-order chi connectivity index (χ0) is 19.4.